The summed E-state index contributed by atoms with van der Waals surface area (Å²) in [7, 11) is 0. The van der Waals surface area contributed by atoms with Gasteiger partial charge >= 0.3 is 5.97 Å². The zero-order chi connectivity index (χ0) is 12.8. The van der Waals surface area contributed by atoms with E-state index in [2.05, 4.69) is 5.32 Å². The molecule has 0 aliphatic heterocycles. The zero-order valence-electron chi connectivity index (χ0n) is 8.82. The van der Waals surface area contributed by atoms with Crippen LogP contribution in [0.2, 0.25) is 5.02 Å². The van der Waals surface area contributed by atoms with Gasteiger partial charge in [-0.25, -0.2) is 9.18 Å². The summed E-state index contributed by atoms with van der Waals surface area (Å²) in [6.45, 7) is -1.14. The number of hydrogen-bond donors (Lipinski definition) is 2. The first-order chi connectivity index (χ1) is 8.02. The molecule has 0 aliphatic carbocycles. The molecule has 92 valence electrons. The third kappa shape index (κ3) is 4.40. The number of carboxylic acids is 1. The van der Waals surface area contributed by atoms with Crippen molar-refractivity contribution in [2.75, 3.05) is 6.67 Å². The first-order valence-electron chi connectivity index (χ1n) is 4.85. The first-order valence-corrected chi connectivity index (χ1v) is 5.23. The Morgan fingerprint density at radius 1 is 1.35 bits per heavy atom. The lowest BCUT2D eigenvalue weighted by Crippen LogP contribution is -2.42. The zero-order valence-corrected chi connectivity index (χ0v) is 9.58. The standard InChI is InChI=1S/C11H11ClFNO3/c12-8-3-1-7(2-4-8)5-10(15)14-9(6-13)11(16)17/h1-4,9H,5-6H2,(H,14,15)(H,16,17). The molecule has 1 unspecified atom stereocenters. The fourth-order valence-corrected chi connectivity index (χ4v) is 1.33. The van der Waals surface area contributed by atoms with Crippen LogP contribution in [0.1, 0.15) is 5.56 Å². The molecule has 1 amide bonds. The maximum Gasteiger partial charge on any atom is 0.328 e. The second-order valence-electron chi connectivity index (χ2n) is 3.42. The van der Waals surface area contributed by atoms with Crippen LogP contribution < -0.4 is 5.32 Å². The number of amides is 1. The lowest BCUT2D eigenvalue weighted by Gasteiger charge is -2.10. The molecule has 0 spiro atoms. The smallest absolute Gasteiger partial charge is 0.328 e. The van der Waals surface area contributed by atoms with Crippen molar-refractivity contribution in [2.24, 2.45) is 0 Å². The van der Waals surface area contributed by atoms with Crippen molar-refractivity contribution in [2.45, 2.75) is 12.5 Å². The van der Waals surface area contributed by atoms with Gasteiger partial charge in [0.1, 0.15) is 6.67 Å². The molecule has 0 bridgehead atoms. The Hall–Kier alpha value is -1.62. The van der Waals surface area contributed by atoms with Crippen molar-refractivity contribution in [1.82, 2.24) is 5.32 Å². The molecular weight excluding hydrogens is 249 g/mol. The molecule has 4 nitrogen and oxygen atoms in total. The van der Waals surface area contributed by atoms with E-state index in [0.29, 0.717) is 10.6 Å². The van der Waals surface area contributed by atoms with E-state index in [1.54, 1.807) is 24.3 Å². The highest BCUT2D eigenvalue weighted by Gasteiger charge is 2.19. The molecule has 0 heterocycles. The van der Waals surface area contributed by atoms with Gasteiger partial charge in [0.05, 0.1) is 6.42 Å². The Morgan fingerprint density at radius 3 is 2.41 bits per heavy atom. The fraction of sp³-hybridized carbons (Fsp3) is 0.273. The number of benzene rings is 1. The van der Waals surface area contributed by atoms with Crippen LogP contribution in [-0.4, -0.2) is 29.7 Å². The molecule has 1 aromatic carbocycles. The fourth-order valence-electron chi connectivity index (χ4n) is 1.20. The normalized spacial score (nSPS) is 11.9. The van der Waals surface area contributed by atoms with Gasteiger partial charge in [0.2, 0.25) is 5.91 Å². The Bertz CT molecular complexity index is 408. The number of carboxylic acid groups (broad SMARTS) is 1. The van der Waals surface area contributed by atoms with Crippen LogP contribution >= 0.6 is 11.6 Å². The van der Waals surface area contributed by atoms with Gasteiger partial charge in [0.15, 0.2) is 6.04 Å². The van der Waals surface area contributed by atoms with Crippen molar-refractivity contribution in [1.29, 1.82) is 0 Å². The largest absolute Gasteiger partial charge is 0.480 e. The van der Waals surface area contributed by atoms with Crippen LogP contribution in [-0.2, 0) is 16.0 Å². The molecule has 0 aromatic heterocycles. The minimum absolute atomic E-state index is 0.0129. The predicted octanol–water partition coefficient (Wildman–Crippen LogP) is 1.42. The third-order valence-corrected chi connectivity index (χ3v) is 2.32. The van der Waals surface area contributed by atoms with Crippen LogP contribution in [0.5, 0.6) is 0 Å². The van der Waals surface area contributed by atoms with Crippen molar-refractivity contribution in [3.05, 3.63) is 34.9 Å². The number of hydrogen-bond acceptors (Lipinski definition) is 2. The van der Waals surface area contributed by atoms with E-state index in [-0.39, 0.29) is 6.42 Å². The van der Waals surface area contributed by atoms with E-state index in [4.69, 9.17) is 16.7 Å². The molecule has 0 fully saturated rings. The summed E-state index contributed by atoms with van der Waals surface area (Å²) in [5, 5.41) is 11.2. The van der Waals surface area contributed by atoms with Crippen molar-refractivity contribution >= 4 is 23.5 Å². The summed E-state index contributed by atoms with van der Waals surface area (Å²) in [6.07, 6.45) is -0.0129. The second kappa shape index (κ2) is 6.20. The molecule has 1 rings (SSSR count). The molecule has 6 heteroatoms. The molecule has 0 aliphatic rings. The Kier molecular flexibility index (Phi) is 4.90. The predicted molar refractivity (Wildman–Crippen MR) is 60.7 cm³/mol. The van der Waals surface area contributed by atoms with Crippen LogP contribution in [0.4, 0.5) is 4.39 Å². The van der Waals surface area contributed by atoms with E-state index in [9.17, 15) is 14.0 Å². The topological polar surface area (TPSA) is 66.4 Å². The summed E-state index contributed by atoms with van der Waals surface area (Å²) in [6, 6.07) is 5.04. The number of alkyl halides is 1. The first kappa shape index (κ1) is 13.4. The average Bonchev–Trinajstić information content (AvgIpc) is 2.28. The monoisotopic (exact) mass is 259 g/mol. The van der Waals surface area contributed by atoms with Crippen LogP contribution in [0.25, 0.3) is 0 Å². The number of nitrogens with one attached hydrogen (secondary N) is 1. The quantitative estimate of drug-likeness (QED) is 0.840. The van der Waals surface area contributed by atoms with Gasteiger partial charge < -0.3 is 10.4 Å². The SMILES string of the molecule is O=C(Cc1ccc(Cl)cc1)NC(CF)C(=O)O. The molecule has 17 heavy (non-hydrogen) atoms. The molecule has 0 radical (unpaired) electrons. The molecule has 0 saturated heterocycles. The van der Waals surface area contributed by atoms with Gasteiger partial charge in [-0.3, -0.25) is 4.79 Å². The highest BCUT2D eigenvalue weighted by Crippen LogP contribution is 2.09. The molecule has 1 aromatic rings. The van der Waals surface area contributed by atoms with E-state index in [0.717, 1.165) is 0 Å². The molecule has 2 N–H and O–H groups in total. The third-order valence-electron chi connectivity index (χ3n) is 2.07. The van der Waals surface area contributed by atoms with Gasteiger partial charge in [0.25, 0.3) is 0 Å². The van der Waals surface area contributed by atoms with Crippen molar-refractivity contribution in [3.8, 4) is 0 Å². The van der Waals surface area contributed by atoms with Crippen molar-refractivity contribution < 1.29 is 19.1 Å². The van der Waals surface area contributed by atoms with E-state index in [1.165, 1.54) is 0 Å². The summed E-state index contributed by atoms with van der Waals surface area (Å²) in [5.74, 6) is -1.94. The van der Waals surface area contributed by atoms with Crippen molar-refractivity contribution in [3.63, 3.8) is 0 Å². The van der Waals surface area contributed by atoms with Crippen LogP contribution in [0, 0.1) is 0 Å². The highest BCUT2D eigenvalue weighted by atomic mass is 35.5. The lowest BCUT2D eigenvalue weighted by atomic mass is 10.1. The second-order valence-corrected chi connectivity index (χ2v) is 3.85. The molecule has 0 saturated carbocycles. The van der Waals surface area contributed by atoms with Gasteiger partial charge in [-0.2, -0.15) is 0 Å². The number of carbonyl (C=O) groups is 2. The minimum atomic E-state index is -1.49. The number of aliphatic carboxylic acids is 1. The van der Waals surface area contributed by atoms with Gasteiger partial charge in [-0.05, 0) is 17.7 Å². The van der Waals surface area contributed by atoms with E-state index < -0.39 is 24.6 Å². The Balaban J connectivity index is 2.54. The number of carbonyl (C=O) groups excluding carboxylic acids is 1. The lowest BCUT2D eigenvalue weighted by molar-refractivity contribution is -0.142. The molecular formula is C11H11ClFNO3. The average molecular weight is 260 g/mol. The highest BCUT2D eigenvalue weighted by molar-refractivity contribution is 6.30. The van der Waals surface area contributed by atoms with Gasteiger partial charge in [-0.15, -0.1) is 0 Å². The van der Waals surface area contributed by atoms with Gasteiger partial charge in [0, 0.05) is 5.02 Å². The molecule has 1 atom stereocenters. The minimum Gasteiger partial charge on any atom is -0.480 e. The summed E-state index contributed by atoms with van der Waals surface area (Å²) in [4.78, 5) is 21.9. The van der Waals surface area contributed by atoms with E-state index in [1.807, 2.05) is 0 Å². The summed E-state index contributed by atoms with van der Waals surface area (Å²) in [5.41, 5.74) is 0.676. The van der Waals surface area contributed by atoms with Crippen LogP contribution in [0.3, 0.4) is 0 Å². The number of rotatable bonds is 5. The summed E-state index contributed by atoms with van der Waals surface area (Å²) < 4.78 is 12.2. The van der Waals surface area contributed by atoms with E-state index >= 15 is 0 Å². The van der Waals surface area contributed by atoms with Gasteiger partial charge in [-0.1, -0.05) is 23.7 Å². The maximum absolute atomic E-state index is 12.2. The van der Waals surface area contributed by atoms with Crippen LogP contribution in [0.15, 0.2) is 24.3 Å². The maximum atomic E-state index is 12.2. The Morgan fingerprint density at radius 2 is 1.94 bits per heavy atom. The summed E-state index contributed by atoms with van der Waals surface area (Å²) >= 11 is 5.67. The Labute approximate surface area is 102 Å². The number of halogens is 2.